The van der Waals surface area contributed by atoms with E-state index in [2.05, 4.69) is 17.1 Å². The van der Waals surface area contributed by atoms with E-state index in [1.807, 2.05) is 0 Å². The van der Waals surface area contributed by atoms with E-state index < -0.39 is 0 Å². The van der Waals surface area contributed by atoms with Crippen molar-refractivity contribution in [1.82, 2.24) is 4.90 Å². The van der Waals surface area contributed by atoms with Gasteiger partial charge >= 0.3 is 0 Å². The van der Waals surface area contributed by atoms with Gasteiger partial charge in [-0.15, -0.1) is 0 Å². The molecule has 0 unspecified atom stereocenters. The Labute approximate surface area is 98.9 Å². The molecule has 4 fully saturated rings. The molecule has 4 aliphatic carbocycles. The van der Waals surface area contributed by atoms with Crippen LogP contribution in [0, 0.1) is 17.8 Å². The lowest BCUT2D eigenvalue weighted by atomic mass is 9.52. The van der Waals surface area contributed by atoms with Gasteiger partial charge in [0, 0.05) is 18.6 Å². The molecule has 0 radical (unpaired) electrons. The molecule has 1 heteroatoms. The van der Waals surface area contributed by atoms with E-state index >= 15 is 0 Å². The largest absolute Gasteiger partial charge is 0.294 e. The Balaban J connectivity index is 1.63. The zero-order valence-corrected chi connectivity index (χ0v) is 10.2. The van der Waals surface area contributed by atoms with Gasteiger partial charge in [-0.3, -0.25) is 4.90 Å². The van der Waals surface area contributed by atoms with Crippen molar-refractivity contribution in [3.63, 3.8) is 0 Å². The molecule has 4 saturated carbocycles. The molecule has 0 aromatic rings. The Kier molecular flexibility index (Phi) is 2.03. The normalized spacial score (nSPS) is 51.1. The van der Waals surface area contributed by atoms with Crippen LogP contribution in [0.2, 0.25) is 0 Å². The first-order valence-electron chi connectivity index (χ1n) is 7.24. The molecule has 0 spiro atoms. The highest BCUT2D eigenvalue weighted by atomic mass is 15.2. The number of hydrogen-bond acceptors (Lipinski definition) is 1. The minimum Gasteiger partial charge on any atom is -0.294 e. The lowest BCUT2D eigenvalue weighted by Gasteiger charge is -2.61. The van der Waals surface area contributed by atoms with Crippen molar-refractivity contribution >= 4 is 0 Å². The van der Waals surface area contributed by atoms with Gasteiger partial charge in [-0.1, -0.05) is 12.2 Å². The van der Waals surface area contributed by atoms with Gasteiger partial charge in [-0.2, -0.15) is 0 Å². The van der Waals surface area contributed by atoms with Crippen molar-refractivity contribution in [2.45, 2.75) is 50.5 Å². The van der Waals surface area contributed by atoms with Gasteiger partial charge in [0.05, 0.1) is 0 Å². The highest BCUT2D eigenvalue weighted by Gasteiger charge is 2.53. The fourth-order valence-corrected chi connectivity index (χ4v) is 5.52. The summed E-state index contributed by atoms with van der Waals surface area (Å²) in [6.45, 7) is 2.58. The summed E-state index contributed by atoms with van der Waals surface area (Å²) in [5, 5.41) is 0. The molecular formula is C15H23N. The molecule has 0 saturated heterocycles. The number of rotatable bonds is 1. The van der Waals surface area contributed by atoms with Gasteiger partial charge in [0.2, 0.25) is 0 Å². The Morgan fingerprint density at radius 2 is 1.50 bits per heavy atom. The molecule has 0 N–H and O–H groups in total. The van der Waals surface area contributed by atoms with Crippen LogP contribution in [-0.4, -0.2) is 23.5 Å². The first-order valence-corrected chi connectivity index (χ1v) is 7.24. The molecule has 5 rings (SSSR count). The average molecular weight is 217 g/mol. The smallest absolute Gasteiger partial charge is 0.0220 e. The van der Waals surface area contributed by atoms with Gasteiger partial charge in [-0.05, 0) is 62.7 Å². The third-order valence-electron chi connectivity index (χ3n) is 5.73. The molecule has 88 valence electrons. The monoisotopic (exact) mass is 217 g/mol. The molecule has 4 bridgehead atoms. The topological polar surface area (TPSA) is 3.24 Å². The standard InChI is InChI=1S/C15H23N/c1-2-4-16(5-3-1)15-9-12-6-13(10-15)8-14(7-12)11-15/h1-2,12-14H,3-11H2. The quantitative estimate of drug-likeness (QED) is 0.610. The van der Waals surface area contributed by atoms with Crippen molar-refractivity contribution in [3.05, 3.63) is 12.2 Å². The maximum atomic E-state index is 2.84. The Morgan fingerprint density at radius 1 is 0.875 bits per heavy atom. The second kappa shape index (κ2) is 3.35. The number of hydrogen-bond donors (Lipinski definition) is 0. The average Bonchev–Trinajstić information content (AvgIpc) is 2.28. The lowest BCUT2D eigenvalue weighted by Crippen LogP contribution is -2.60. The van der Waals surface area contributed by atoms with E-state index in [-0.39, 0.29) is 0 Å². The number of nitrogens with zero attached hydrogens (tertiary/aromatic N) is 1. The third kappa shape index (κ3) is 1.33. The minimum atomic E-state index is 0.652. The first kappa shape index (κ1) is 9.70. The van der Waals surface area contributed by atoms with E-state index in [4.69, 9.17) is 0 Å². The van der Waals surface area contributed by atoms with Gasteiger partial charge in [0.25, 0.3) is 0 Å². The zero-order valence-electron chi connectivity index (χ0n) is 10.2. The maximum absolute atomic E-state index is 2.84. The van der Waals surface area contributed by atoms with Crippen LogP contribution in [0.4, 0.5) is 0 Å². The van der Waals surface area contributed by atoms with Gasteiger partial charge < -0.3 is 0 Å². The molecule has 0 aromatic heterocycles. The Bertz CT molecular complexity index is 282. The molecular weight excluding hydrogens is 194 g/mol. The van der Waals surface area contributed by atoms with Crippen molar-refractivity contribution in [3.8, 4) is 0 Å². The highest BCUT2D eigenvalue weighted by molar-refractivity contribution is 5.09. The Hall–Kier alpha value is -0.300. The molecule has 1 heterocycles. The van der Waals surface area contributed by atoms with E-state index in [1.165, 1.54) is 38.8 Å². The van der Waals surface area contributed by atoms with Crippen molar-refractivity contribution in [2.75, 3.05) is 13.1 Å². The summed E-state index contributed by atoms with van der Waals surface area (Å²) < 4.78 is 0. The van der Waals surface area contributed by atoms with Gasteiger partial charge in [0.1, 0.15) is 0 Å². The maximum Gasteiger partial charge on any atom is 0.0220 e. The van der Waals surface area contributed by atoms with Crippen LogP contribution in [0.1, 0.15) is 44.9 Å². The first-order chi connectivity index (χ1) is 7.84. The van der Waals surface area contributed by atoms with Crippen LogP contribution in [0.3, 0.4) is 0 Å². The molecule has 0 aromatic carbocycles. The van der Waals surface area contributed by atoms with E-state index in [9.17, 15) is 0 Å². The van der Waals surface area contributed by atoms with Crippen molar-refractivity contribution < 1.29 is 0 Å². The lowest BCUT2D eigenvalue weighted by molar-refractivity contribution is -0.0853. The van der Waals surface area contributed by atoms with Crippen LogP contribution in [0.25, 0.3) is 0 Å². The predicted octanol–water partition coefficient (Wildman–Crippen LogP) is 3.22. The van der Waals surface area contributed by atoms with Crippen LogP contribution in [-0.2, 0) is 0 Å². The Morgan fingerprint density at radius 3 is 2.00 bits per heavy atom. The summed E-state index contributed by atoms with van der Waals surface area (Å²) in [7, 11) is 0. The molecule has 1 nitrogen and oxygen atoms in total. The van der Waals surface area contributed by atoms with E-state index in [1.54, 1.807) is 19.3 Å². The molecule has 5 aliphatic rings. The van der Waals surface area contributed by atoms with Crippen LogP contribution in [0.15, 0.2) is 12.2 Å². The fraction of sp³-hybridized carbons (Fsp3) is 0.867. The predicted molar refractivity (Wildman–Crippen MR) is 66.2 cm³/mol. The van der Waals surface area contributed by atoms with Crippen LogP contribution < -0.4 is 0 Å². The summed E-state index contributed by atoms with van der Waals surface area (Å²) in [6, 6.07) is 0. The molecule has 0 amide bonds. The van der Waals surface area contributed by atoms with E-state index in [0.717, 1.165) is 17.8 Å². The SMILES string of the molecule is C1=CCN(C23CC4CC(CC(C4)C2)C3)CC1. The van der Waals surface area contributed by atoms with Crippen LogP contribution >= 0.6 is 0 Å². The summed E-state index contributed by atoms with van der Waals surface area (Å²) in [5.74, 6) is 3.28. The van der Waals surface area contributed by atoms with Crippen LogP contribution in [0.5, 0.6) is 0 Å². The third-order valence-corrected chi connectivity index (χ3v) is 5.73. The molecule has 1 aliphatic heterocycles. The second-order valence-electron chi connectivity index (χ2n) is 6.85. The molecule has 16 heavy (non-hydrogen) atoms. The summed E-state index contributed by atoms with van der Waals surface area (Å²) in [5.41, 5.74) is 0.652. The second-order valence-corrected chi connectivity index (χ2v) is 6.85. The highest BCUT2D eigenvalue weighted by Crippen LogP contribution is 2.57. The van der Waals surface area contributed by atoms with Gasteiger partial charge in [0.15, 0.2) is 0 Å². The minimum absolute atomic E-state index is 0.652. The zero-order chi connectivity index (χ0) is 10.6. The van der Waals surface area contributed by atoms with Gasteiger partial charge in [-0.25, -0.2) is 0 Å². The van der Waals surface area contributed by atoms with Crippen molar-refractivity contribution in [2.24, 2.45) is 17.8 Å². The summed E-state index contributed by atoms with van der Waals surface area (Å²) in [4.78, 5) is 2.84. The summed E-state index contributed by atoms with van der Waals surface area (Å²) in [6.07, 6.45) is 15.4. The molecule has 0 atom stereocenters. The summed E-state index contributed by atoms with van der Waals surface area (Å²) >= 11 is 0. The fourth-order valence-electron chi connectivity index (χ4n) is 5.52. The van der Waals surface area contributed by atoms with Crippen molar-refractivity contribution in [1.29, 1.82) is 0 Å². The van der Waals surface area contributed by atoms with E-state index in [0.29, 0.717) is 5.54 Å².